The lowest BCUT2D eigenvalue weighted by atomic mass is 9.70. The van der Waals surface area contributed by atoms with Crippen LogP contribution < -0.4 is 10.6 Å². The Balaban J connectivity index is 1.85. The number of nitrogens with zero attached hydrogens (tertiary/aromatic N) is 1. The van der Waals surface area contributed by atoms with Gasteiger partial charge in [0.1, 0.15) is 11.6 Å². The summed E-state index contributed by atoms with van der Waals surface area (Å²) < 4.78 is 6.43. The smallest absolute Gasteiger partial charge is 0.245 e. The van der Waals surface area contributed by atoms with E-state index >= 15 is 0 Å². The molecule has 0 aromatic carbocycles. The van der Waals surface area contributed by atoms with Gasteiger partial charge in [-0.05, 0) is 38.5 Å². The van der Waals surface area contributed by atoms with E-state index in [0.29, 0.717) is 38.9 Å². The molecule has 3 aliphatic rings. The van der Waals surface area contributed by atoms with Crippen LogP contribution in [0.15, 0.2) is 0 Å². The van der Waals surface area contributed by atoms with Gasteiger partial charge in [0.15, 0.2) is 0 Å². The van der Waals surface area contributed by atoms with Crippen molar-refractivity contribution in [2.75, 3.05) is 26.2 Å². The molecule has 6 atom stereocenters. The number of rotatable bonds is 13. The molecule has 3 rings (SSSR count). The lowest BCUT2D eigenvalue weighted by molar-refractivity contribution is -0.142. The Morgan fingerprint density at radius 1 is 1.09 bits per heavy atom. The number of fused-ring (bicyclic) bond motifs is 1. The van der Waals surface area contributed by atoms with Crippen LogP contribution in [-0.2, 0) is 19.1 Å². The van der Waals surface area contributed by atoms with Crippen molar-refractivity contribution in [2.24, 2.45) is 11.8 Å². The third kappa shape index (κ3) is 4.71. The van der Waals surface area contributed by atoms with Gasteiger partial charge in [0.05, 0.1) is 17.9 Å². The van der Waals surface area contributed by atoms with E-state index in [-0.39, 0.29) is 29.2 Å². The molecule has 0 aliphatic carbocycles. The van der Waals surface area contributed by atoms with Gasteiger partial charge in [0.25, 0.3) is 0 Å². The fraction of sp³-hybridized carbons (Fsp3) is 0.870. The van der Waals surface area contributed by atoms with Crippen LogP contribution >= 0.6 is 15.9 Å². The molecular formula is C23H38BrN3O5. The second kappa shape index (κ2) is 11.3. The number of nitrogens with one attached hydrogen (secondary N) is 2. The van der Waals surface area contributed by atoms with E-state index in [2.05, 4.69) is 33.5 Å². The topological polar surface area (TPSA) is 108 Å². The summed E-state index contributed by atoms with van der Waals surface area (Å²) in [5.74, 6) is -1.73. The van der Waals surface area contributed by atoms with E-state index < -0.39 is 29.6 Å². The standard InChI is InChI=1S/C23H38BrN3O5/c1-3-5-7-11-26-21(30)19-23-14-15(24)18(32-23)16(20(29)25-10-4-2)17(23)22(31)27(19)12-8-6-9-13-28/h15-19,28H,3-14H2,1-2H3,(H,25,29)(H,26,30)/t15?,16-,17+,18-,19?,23?/m1/s1. The highest BCUT2D eigenvalue weighted by Crippen LogP contribution is 2.59. The first-order valence-corrected chi connectivity index (χ1v) is 13.1. The SMILES string of the molecule is CCCCCNC(=O)C1N(CCCCCO)C(=O)[C@@H]2[C@@H](C(=O)NCCC)[C@@H]3OC12CC3Br. The van der Waals surface area contributed by atoms with Gasteiger partial charge >= 0.3 is 0 Å². The number of ether oxygens (including phenoxy) is 1. The molecule has 0 aromatic heterocycles. The van der Waals surface area contributed by atoms with Crippen molar-refractivity contribution in [3.8, 4) is 0 Å². The molecule has 3 aliphatic heterocycles. The Labute approximate surface area is 199 Å². The Hall–Kier alpha value is -1.19. The van der Waals surface area contributed by atoms with Gasteiger partial charge in [0.2, 0.25) is 17.7 Å². The average Bonchev–Trinajstić information content (AvgIpc) is 3.36. The normalized spacial score (nSPS) is 32.9. The predicted molar refractivity (Wildman–Crippen MR) is 124 cm³/mol. The predicted octanol–water partition coefficient (Wildman–Crippen LogP) is 1.73. The van der Waals surface area contributed by atoms with Gasteiger partial charge < -0.3 is 25.4 Å². The molecule has 2 bridgehead atoms. The Kier molecular flexibility index (Phi) is 8.97. The molecule has 8 nitrogen and oxygen atoms in total. The molecule has 3 unspecified atom stereocenters. The highest BCUT2D eigenvalue weighted by atomic mass is 79.9. The zero-order valence-corrected chi connectivity index (χ0v) is 20.9. The number of alkyl halides is 1. The molecule has 32 heavy (non-hydrogen) atoms. The van der Waals surface area contributed by atoms with Crippen LogP contribution in [0.4, 0.5) is 0 Å². The fourth-order valence-electron chi connectivity index (χ4n) is 5.59. The molecule has 0 saturated carbocycles. The molecule has 3 heterocycles. The number of likely N-dealkylation sites (tertiary alicyclic amines) is 1. The number of amides is 3. The quantitative estimate of drug-likeness (QED) is 0.255. The first-order chi connectivity index (χ1) is 15.4. The molecule has 3 fully saturated rings. The van der Waals surface area contributed by atoms with Crippen LogP contribution in [0.1, 0.15) is 65.2 Å². The fourth-order valence-corrected chi connectivity index (χ4v) is 6.53. The first-order valence-electron chi connectivity index (χ1n) is 12.2. The van der Waals surface area contributed by atoms with Crippen molar-refractivity contribution in [3.63, 3.8) is 0 Å². The van der Waals surface area contributed by atoms with Crippen molar-refractivity contribution in [3.05, 3.63) is 0 Å². The second-order valence-corrected chi connectivity index (χ2v) is 10.4. The Bertz CT molecular complexity index is 693. The van der Waals surface area contributed by atoms with Crippen LogP contribution in [0.5, 0.6) is 0 Å². The molecule has 1 spiro atoms. The van der Waals surface area contributed by atoms with Gasteiger partial charge in [-0.1, -0.05) is 42.6 Å². The summed E-state index contributed by atoms with van der Waals surface area (Å²) in [6.07, 6.45) is 6.05. The summed E-state index contributed by atoms with van der Waals surface area (Å²) in [6, 6.07) is -0.732. The van der Waals surface area contributed by atoms with E-state index in [1.54, 1.807) is 4.90 Å². The van der Waals surface area contributed by atoms with Crippen LogP contribution in [0.3, 0.4) is 0 Å². The average molecular weight is 516 g/mol. The van der Waals surface area contributed by atoms with Crippen LogP contribution in [0.2, 0.25) is 0 Å². The van der Waals surface area contributed by atoms with E-state index in [1.165, 1.54) is 0 Å². The summed E-state index contributed by atoms with van der Waals surface area (Å²) in [5, 5.41) is 15.1. The third-order valence-electron chi connectivity index (χ3n) is 7.03. The number of unbranched alkanes of at least 4 members (excludes halogenated alkanes) is 4. The van der Waals surface area contributed by atoms with Crippen molar-refractivity contribution >= 4 is 33.7 Å². The van der Waals surface area contributed by atoms with E-state index in [9.17, 15) is 14.4 Å². The molecule has 0 aromatic rings. The summed E-state index contributed by atoms with van der Waals surface area (Å²) in [4.78, 5) is 41.7. The molecular weight excluding hydrogens is 478 g/mol. The van der Waals surface area contributed by atoms with E-state index in [4.69, 9.17) is 9.84 Å². The minimum atomic E-state index is -0.976. The van der Waals surface area contributed by atoms with Gasteiger partial charge in [-0.15, -0.1) is 0 Å². The van der Waals surface area contributed by atoms with Crippen LogP contribution in [0.25, 0.3) is 0 Å². The van der Waals surface area contributed by atoms with Crippen LogP contribution in [0, 0.1) is 11.8 Å². The maximum absolute atomic E-state index is 13.6. The third-order valence-corrected chi connectivity index (χ3v) is 7.87. The number of halogens is 1. The molecule has 0 radical (unpaired) electrons. The summed E-state index contributed by atoms with van der Waals surface area (Å²) in [5.41, 5.74) is -0.976. The minimum absolute atomic E-state index is 0.0753. The monoisotopic (exact) mass is 515 g/mol. The summed E-state index contributed by atoms with van der Waals surface area (Å²) in [6.45, 7) is 5.75. The van der Waals surface area contributed by atoms with Gasteiger partial charge in [-0.25, -0.2) is 0 Å². The highest BCUT2D eigenvalue weighted by Gasteiger charge is 2.76. The number of aliphatic hydroxyl groups excluding tert-OH is 1. The zero-order chi connectivity index (χ0) is 23.3. The van der Waals surface area contributed by atoms with Gasteiger partial charge in [-0.3, -0.25) is 14.4 Å². The van der Waals surface area contributed by atoms with Crippen molar-refractivity contribution in [1.82, 2.24) is 15.5 Å². The first kappa shape index (κ1) is 25.4. The van der Waals surface area contributed by atoms with E-state index in [0.717, 1.165) is 32.1 Å². The molecule has 3 amide bonds. The van der Waals surface area contributed by atoms with Crippen molar-refractivity contribution in [1.29, 1.82) is 0 Å². The maximum atomic E-state index is 13.6. The number of hydrogen-bond donors (Lipinski definition) is 3. The number of aliphatic hydroxyl groups is 1. The van der Waals surface area contributed by atoms with Crippen molar-refractivity contribution in [2.45, 2.75) is 87.8 Å². The minimum Gasteiger partial charge on any atom is -0.396 e. The summed E-state index contributed by atoms with van der Waals surface area (Å²) in [7, 11) is 0. The van der Waals surface area contributed by atoms with Gasteiger partial charge in [-0.2, -0.15) is 0 Å². The summed E-state index contributed by atoms with van der Waals surface area (Å²) >= 11 is 3.67. The largest absolute Gasteiger partial charge is 0.396 e. The molecule has 9 heteroatoms. The van der Waals surface area contributed by atoms with Crippen LogP contribution in [-0.4, -0.2) is 76.5 Å². The van der Waals surface area contributed by atoms with Gasteiger partial charge in [0, 0.05) is 31.1 Å². The van der Waals surface area contributed by atoms with E-state index in [1.807, 2.05) is 6.92 Å². The Morgan fingerprint density at radius 3 is 2.53 bits per heavy atom. The number of carbonyl (C=O) groups is 3. The number of hydrogen-bond acceptors (Lipinski definition) is 5. The number of carbonyl (C=O) groups excluding carboxylic acids is 3. The molecule has 3 N–H and O–H groups in total. The lowest BCUT2D eigenvalue weighted by Gasteiger charge is -2.34. The van der Waals surface area contributed by atoms with Crippen molar-refractivity contribution < 1.29 is 24.2 Å². The highest BCUT2D eigenvalue weighted by molar-refractivity contribution is 9.09. The Morgan fingerprint density at radius 2 is 1.84 bits per heavy atom. The molecule has 3 saturated heterocycles. The zero-order valence-electron chi connectivity index (χ0n) is 19.3. The molecule has 182 valence electrons. The lowest BCUT2D eigenvalue weighted by Crippen LogP contribution is -2.56. The second-order valence-electron chi connectivity index (χ2n) is 9.27. The maximum Gasteiger partial charge on any atom is 0.245 e.